The normalized spacial score (nSPS) is 10.8. The zero-order chi connectivity index (χ0) is 21.3. The average Bonchev–Trinajstić information content (AvgIpc) is 3.19. The van der Waals surface area contributed by atoms with Crippen LogP contribution in [0.3, 0.4) is 0 Å². The van der Waals surface area contributed by atoms with Gasteiger partial charge in [-0.2, -0.15) is 4.98 Å². The van der Waals surface area contributed by atoms with E-state index in [9.17, 15) is 4.79 Å². The molecule has 1 heterocycles. The van der Waals surface area contributed by atoms with Gasteiger partial charge in [0.15, 0.2) is 5.82 Å². The molecule has 0 radical (unpaired) electrons. The van der Waals surface area contributed by atoms with E-state index >= 15 is 0 Å². The van der Waals surface area contributed by atoms with Gasteiger partial charge in [-0.3, -0.25) is 4.79 Å². The fourth-order valence-electron chi connectivity index (χ4n) is 3.25. The number of amides is 1. The smallest absolute Gasteiger partial charge is 0.336 e. The SMILES string of the molecule is CCCCCCCC(=O)Nc1ccc(-n2nc(OC)nc2-c2ccc(C)cc2)cc1. The van der Waals surface area contributed by atoms with Crippen molar-refractivity contribution < 1.29 is 9.53 Å². The van der Waals surface area contributed by atoms with Crippen molar-refractivity contribution in [3.8, 4) is 23.1 Å². The first-order valence-corrected chi connectivity index (χ1v) is 10.6. The van der Waals surface area contributed by atoms with Crippen LogP contribution >= 0.6 is 0 Å². The van der Waals surface area contributed by atoms with Gasteiger partial charge in [0, 0.05) is 17.7 Å². The molecule has 0 unspecified atom stereocenters. The van der Waals surface area contributed by atoms with Crippen LogP contribution in [0.2, 0.25) is 0 Å². The van der Waals surface area contributed by atoms with Crippen LogP contribution in [0.15, 0.2) is 48.5 Å². The van der Waals surface area contributed by atoms with Crippen LogP contribution < -0.4 is 10.1 Å². The molecule has 2 aromatic carbocycles. The lowest BCUT2D eigenvalue weighted by molar-refractivity contribution is -0.116. The summed E-state index contributed by atoms with van der Waals surface area (Å²) in [6.07, 6.45) is 6.24. The van der Waals surface area contributed by atoms with Gasteiger partial charge in [-0.1, -0.05) is 62.4 Å². The fourth-order valence-corrected chi connectivity index (χ4v) is 3.25. The van der Waals surface area contributed by atoms with Gasteiger partial charge in [-0.15, -0.1) is 5.10 Å². The van der Waals surface area contributed by atoms with Crippen LogP contribution in [0, 0.1) is 6.92 Å². The first-order valence-electron chi connectivity index (χ1n) is 10.6. The largest absolute Gasteiger partial charge is 0.466 e. The van der Waals surface area contributed by atoms with Crippen LogP contribution in [0.1, 0.15) is 51.0 Å². The molecule has 0 aliphatic heterocycles. The number of rotatable bonds is 10. The molecule has 0 spiro atoms. The second-order valence-corrected chi connectivity index (χ2v) is 7.46. The van der Waals surface area contributed by atoms with E-state index in [1.165, 1.54) is 24.8 Å². The monoisotopic (exact) mass is 406 g/mol. The topological polar surface area (TPSA) is 69.0 Å². The van der Waals surface area contributed by atoms with Crippen molar-refractivity contribution in [3.05, 3.63) is 54.1 Å². The lowest BCUT2D eigenvalue weighted by Gasteiger charge is -2.09. The molecule has 1 N–H and O–H groups in total. The summed E-state index contributed by atoms with van der Waals surface area (Å²) in [5.74, 6) is 0.762. The number of aryl methyl sites for hydroxylation is 1. The minimum absolute atomic E-state index is 0.0574. The Morgan fingerprint density at radius 2 is 1.70 bits per heavy atom. The Morgan fingerprint density at radius 3 is 2.37 bits per heavy atom. The first kappa shape index (κ1) is 21.6. The average molecular weight is 407 g/mol. The first-order chi connectivity index (χ1) is 14.6. The standard InChI is InChI=1S/C24H30N4O2/c1-4-5-6-7-8-9-22(29)25-20-14-16-21(17-15-20)28-23(26-24(27-28)30-3)19-12-10-18(2)11-13-19/h10-17H,4-9H2,1-3H3,(H,25,29). The summed E-state index contributed by atoms with van der Waals surface area (Å²) in [7, 11) is 1.56. The molecular weight excluding hydrogens is 376 g/mol. The van der Waals surface area contributed by atoms with Crippen LogP contribution in [0.4, 0.5) is 5.69 Å². The molecule has 0 bridgehead atoms. The number of carbonyl (C=O) groups excluding carboxylic acids is 1. The van der Waals surface area contributed by atoms with Crippen LogP contribution in [0.25, 0.3) is 17.1 Å². The highest BCUT2D eigenvalue weighted by Gasteiger charge is 2.14. The third kappa shape index (κ3) is 5.69. The molecule has 0 saturated carbocycles. The van der Waals surface area contributed by atoms with Gasteiger partial charge in [-0.25, -0.2) is 4.68 Å². The number of nitrogens with one attached hydrogen (secondary N) is 1. The van der Waals surface area contributed by atoms with Crippen molar-refractivity contribution in [1.29, 1.82) is 0 Å². The van der Waals surface area contributed by atoms with E-state index in [0.29, 0.717) is 18.3 Å². The Bertz CT molecular complexity index is 946. The van der Waals surface area contributed by atoms with E-state index in [0.717, 1.165) is 29.8 Å². The molecule has 6 heteroatoms. The molecular formula is C24H30N4O2. The van der Waals surface area contributed by atoms with Crippen molar-refractivity contribution in [2.75, 3.05) is 12.4 Å². The van der Waals surface area contributed by atoms with Gasteiger partial charge in [0.25, 0.3) is 0 Å². The number of anilines is 1. The number of methoxy groups -OCH3 is 1. The van der Waals surface area contributed by atoms with Gasteiger partial charge in [-0.05, 0) is 37.6 Å². The second-order valence-electron chi connectivity index (χ2n) is 7.46. The zero-order valence-corrected chi connectivity index (χ0v) is 18.0. The molecule has 30 heavy (non-hydrogen) atoms. The molecule has 6 nitrogen and oxygen atoms in total. The van der Waals surface area contributed by atoms with E-state index in [4.69, 9.17) is 4.74 Å². The van der Waals surface area contributed by atoms with E-state index in [-0.39, 0.29) is 5.91 Å². The maximum absolute atomic E-state index is 12.2. The Morgan fingerprint density at radius 1 is 1.00 bits per heavy atom. The molecule has 3 aromatic rings. The van der Waals surface area contributed by atoms with Crippen molar-refractivity contribution in [3.63, 3.8) is 0 Å². The highest BCUT2D eigenvalue weighted by molar-refractivity contribution is 5.90. The predicted octanol–water partition coefficient (Wildman–Crippen LogP) is 5.55. The predicted molar refractivity (Wildman–Crippen MR) is 120 cm³/mol. The number of unbranched alkanes of at least 4 members (excludes halogenated alkanes) is 4. The minimum atomic E-state index is 0.0574. The van der Waals surface area contributed by atoms with Gasteiger partial charge >= 0.3 is 6.01 Å². The van der Waals surface area contributed by atoms with Crippen LogP contribution in [0.5, 0.6) is 6.01 Å². The summed E-state index contributed by atoms with van der Waals surface area (Å²) < 4.78 is 6.99. The van der Waals surface area contributed by atoms with Gasteiger partial charge < -0.3 is 10.1 Å². The Labute approximate surface area is 178 Å². The van der Waals surface area contributed by atoms with Gasteiger partial charge in [0.05, 0.1) is 12.8 Å². The summed E-state index contributed by atoms with van der Waals surface area (Å²) in [6, 6.07) is 16.0. The molecule has 158 valence electrons. The fraction of sp³-hybridized carbons (Fsp3) is 0.375. The van der Waals surface area contributed by atoms with Gasteiger partial charge in [0.1, 0.15) is 0 Å². The molecule has 0 saturated heterocycles. The summed E-state index contributed by atoms with van der Waals surface area (Å²) in [5, 5.41) is 7.42. The third-order valence-corrected chi connectivity index (χ3v) is 4.98. The molecule has 0 fully saturated rings. The number of nitrogens with zero attached hydrogens (tertiary/aromatic N) is 3. The van der Waals surface area contributed by atoms with Crippen molar-refractivity contribution in [2.24, 2.45) is 0 Å². The Hall–Kier alpha value is -3.15. The van der Waals surface area contributed by atoms with Crippen molar-refractivity contribution in [2.45, 2.75) is 52.4 Å². The molecule has 0 atom stereocenters. The second kappa shape index (κ2) is 10.6. The van der Waals surface area contributed by atoms with Crippen molar-refractivity contribution in [1.82, 2.24) is 14.8 Å². The molecule has 0 aliphatic carbocycles. The van der Waals surface area contributed by atoms with E-state index < -0.39 is 0 Å². The quantitative estimate of drug-likeness (QED) is 0.448. The molecule has 1 amide bonds. The van der Waals surface area contributed by atoms with Crippen LogP contribution in [-0.2, 0) is 4.79 Å². The number of carbonyl (C=O) groups is 1. The summed E-state index contributed by atoms with van der Waals surface area (Å²) in [5.41, 5.74) is 3.76. The van der Waals surface area contributed by atoms with Crippen molar-refractivity contribution >= 4 is 11.6 Å². The van der Waals surface area contributed by atoms with E-state index in [1.54, 1.807) is 11.8 Å². The number of ether oxygens (including phenoxy) is 1. The Kier molecular flexibility index (Phi) is 7.60. The number of hydrogen-bond acceptors (Lipinski definition) is 4. The molecule has 0 aliphatic rings. The number of benzene rings is 2. The van der Waals surface area contributed by atoms with E-state index in [1.807, 2.05) is 55.5 Å². The number of aromatic nitrogens is 3. The van der Waals surface area contributed by atoms with Gasteiger partial charge in [0.2, 0.25) is 5.91 Å². The summed E-state index contributed by atoms with van der Waals surface area (Å²) >= 11 is 0. The Balaban J connectivity index is 1.69. The lowest BCUT2D eigenvalue weighted by Crippen LogP contribution is -2.11. The highest BCUT2D eigenvalue weighted by Crippen LogP contribution is 2.24. The molecule has 3 rings (SSSR count). The van der Waals surface area contributed by atoms with Crippen LogP contribution in [-0.4, -0.2) is 27.8 Å². The maximum atomic E-state index is 12.2. The third-order valence-electron chi connectivity index (χ3n) is 4.98. The highest BCUT2D eigenvalue weighted by atomic mass is 16.5. The number of hydrogen-bond donors (Lipinski definition) is 1. The lowest BCUT2D eigenvalue weighted by atomic mass is 10.1. The molecule has 1 aromatic heterocycles. The maximum Gasteiger partial charge on any atom is 0.336 e. The zero-order valence-electron chi connectivity index (χ0n) is 18.0. The summed E-state index contributed by atoms with van der Waals surface area (Å²) in [4.78, 5) is 16.6. The minimum Gasteiger partial charge on any atom is -0.466 e. The summed E-state index contributed by atoms with van der Waals surface area (Å²) in [6.45, 7) is 4.24. The van der Waals surface area contributed by atoms with E-state index in [2.05, 4.69) is 22.3 Å².